The maximum absolute atomic E-state index is 5.34. The van der Waals surface area contributed by atoms with Gasteiger partial charge in [-0.15, -0.1) is 0 Å². The Balaban J connectivity index is 0.000000561. The van der Waals surface area contributed by atoms with Gasteiger partial charge in [0.25, 0.3) is 0 Å². The first-order chi connectivity index (χ1) is 5.79. The highest BCUT2D eigenvalue weighted by Crippen LogP contribution is 2.10. The molecule has 0 bridgehead atoms. The molecule has 1 atom stereocenters. The zero-order valence-electron chi connectivity index (χ0n) is 8.10. The van der Waals surface area contributed by atoms with Crippen molar-refractivity contribution < 1.29 is 4.74 Å². The highest BCUT2D eigenvalue weighted by molar-refractivity contribution is 4.84. The van der Waals surface area contributed by atoms with Crippen molar-refractivity contribution in [2.45, 2.75) is 32.8 Å². The van der Waals surface area contributed by atoms with E-state index in [2.05, 4.69) is 11.9 Å². The van der Waals surface area contributed by atoms with Crippen molar-refractivity contribution in [3.05, 3.63) is 12.4 Å². The number of nitrogens with one attached hydrogen (secondary N) is 1. The van der Waals surface area contributed by atoms with Gasteiger partial charge in [-0.2, -0.15) is 0 Å². The van der Waals surface area contributed by atoms with Crippen LogP contribution in [0.5, 0.6) is 0 Å². The minimum atomic E-state index is 0.347. The van der Waals surface area contributed by atoms with E-state index in [1.807, 2.05) is 13.8 Å². The molecule has 72 valence electrons. The first-order valence-electron chi connectivity index (χ1n) is 4.59. The van der Waals surface area contributed by atoms with E-state index in [1.165, 1.54) is 6.42 Å². The predicted molar refractivity (Wildman–Crippen MR) is 51.7 cm³/mol. The molecule has 0 saturated carbocycles. The summed E-state index contributed by atoms with van der Waals surface area (Å²) in [4.78, 5) is 0. The molecule has 3 heteroatoms. The molecule has 0 aromatic rings. The van der Waals surface area contributed by atoms with Crippen LogP contribution in [0.3, 0.4) is 0 Å². The Morgan fingerprint density at radius 1 is 1.67 bits per heavy atom. The van der Waals surface area contributed by atoms with Gasteiger partial charge in [-0.25, -0.2) is 0 Å². The molecule has 0 aromatic heterocycles. The van der Waals surface area contributed by atoms with Gasteiger partial charge in [-0.3, -0.25) is 0 Å². The van der Waals surface area contributed by atoms with Crippen LogP contribution in [0.4, 0.5) is 0 Å². The summed E-state index contributed by atoms with van der Waals surface area (Å²) in [7, 11) is 0. The van der Waals surface area contributed by atoms with Crippen molar-refractivity contribution in [3.63, 3.8) is 0 Å². The summed E-state index contributed by atoms with van der Waals surface area (Å²) in [6.45, 7) is 9.22. The topological polar surface area (TPSA) is 47.3 Å². The molecule has 1 saturated heterocycles. The molecule has 1 heterocycles. The summed E-state index contributed by atoms with van der Waals surface area (Å²) in [6.07, 6.45) is 2.66. The highest BCUT2D eigenvalue weighted by atomic mass is 16.5. The van der Waals surface area contributed by atoms with Gasteiger partial charge in [0.05, 0.1) is 11.9 Å². The van der Waals surface area contributed by atoms with Gasteiger partial charge < -0.3 is 15.8 Å². The second kappa shape index (κ2) is 6.98. The fraction of sp³-hybridized carbons (Fsp3) is 0.778. The average molecular weight is 172 g/mol. The summed E-state index contributed by atoms with van der Waals surface area (Å²) < 4.78 is 5.34. The molecule has 0 amide bonds. The van der Waals surface area contributed by atoms with Gasteiger partial charge in [0, 0.05) is 13.2 Å². The summed E-state index contributed by atoms with van der Waals surface area (Å²) in [5, 5.41) is 2.95. The monoisotopic (exact) mass is 172 g/mol. The van der Waals surface area contributed by atoms with Crippen molar-refractivity contribution >= 4 is 0 Å². The third kappa shape index (κ3) is 5.02. The van der Waals surface area contributed by atoms with Crippen LogP contribution in [0.25, 0.3) is 0 Å². The van der Waals surface area contributed by atoms with Crippen LogP contribution < -0.4 is 11.1 Å². The van der Waals surface area contributed by atoms with Crippen LogP contribution in [0.1, 0.15) is 26.7 Å². The van der Waals surface area contributed by atoms with Crippen LogP contribution >= 0.6 is 0 Å². The van der Waals surface area contributed by atoms with Gasteiger partial charge in [0.2, 0.25) is 0 Å². The molecule has 3 N–H and O–H groups in total. The van der Waals surface area contributed by atoms with E-state index in [4.69, 9.17) is 10.5 Å². The average Bonchev–Trinajstić information content (AvgIpc) is 2.56. The standard InChI is InChI=1S/C7H14N2O.C2H6/c1-6(8)9-5-7-3-2-4-10-7;1-2/h7,9H,1-5,8H2;1-2H3. The maximum Gasteiger partial charge on any atom is 0.0886 e. The number of nitrogens with two attached hydrogens (primary N) is 1. The van der Waals surface area contributed by atoms with Crippen LogP contribution in [0.15, 0.2) is 12.4 Å². The van der Waals surface area contributed by atoms with Gasteiger partial charge in [0.15, 0.2) is 0 Å². The highest BCUT2D eigenvalue weighted by Gasteiger charge is 2.14. The Hall–Kier alpha value is -0.700. The lowest BCUT2D eigenvalue weighted by atomic mass is 10.2. The molecule has 3 nitrogen and oxygen atoms in total. The summed E-state index contributed by atoms with van der Waals surface area (Å²) in [5.41, 5.74) is 5.31. The lowest BCUT2D eigenvalue weighted by Crippen LogP contribution is -2.28. The fourth-order valence-electron chi connectivity index (χ4n) is 1.05. The quantitative estimate of drug-likeness (QED) is 0.672. The van der Waals surface area contributed by atoms with Gasteiger partial charge in [0.1, 0.15) is 0 Å². The Labute approximate surface area is 75.0 Å². The smallest absolute Gasteiger partial charge is 0.0886 e. The summed E-state index contributed by atoms with van der Waals surface area (Å²) in [5.74, 6) is 0.524. The first-order valence-corrected chi connectivity index (χ1v) is 4.59. The third-order valence-electron chi connectivity index (χ3n) is 1.58. The Kier molecular flexibility index (Phi) is 6.57. The molecule has 1 aliphatic rings. The SMILES string of the molecule is C=C(N)NCC1CCCO1.CC. The van der Waals surface area contributed by atoms with Gasteiger partial charge in [-0.05, 0) is 12.8 Å². The van der Waals surface area contributed by atoms with Crippen molar-refractivity contribution in [2.75, 3.05) is 13.2 Å². The van der Waals surface area contributed by atoms with Crippen LogP contribution in [-0.2, 0) is 4.74 Å². The van der Waals surface area contributed by atoms with Crippen molar-refractivity contribution in [1.82, 2.24) is 5.32 Å². The second-order valence-electron chi connectivity index (χ2n) is 2.54. The normalized spacial score (nSPS) is 21.0. The largest absolute Gasteiger partial charge is 0.386 e. The van der Waals surface area contributed by atoms with E-state index in [0.29, 0.717) is 11.9 Å². The number of hydrogen-bond donors (Lipinski definition) is 2. The number of hydrogen-bond acceptors (Lipinski definition) is 3. The summed E-state index contributed by atoms with van der Waals surface area (Å²) in [6, 6.07) is 0. The van der Waals surface area contributed by atoms with Crippen LogP contribution in [-0.4, -0.2) is 19.3 Å². The molecule has 1 aliphatic heterocycles. The number of ether oxygens (including phenoxy) is 1. The first kappa shape index (κ1) is 11.3. The molecule has 1 rings (SSSR count). The van der Waals surface area contributed by atoms with E-state index in [-0.39, 0.29) is 0 Å². The molecule has 0 aliphatic carbocycles. The molecular formula is C9H20N2O. The van der Waals surface area contributed by atoms with E-state index in [0.717, 1.165) is 19.6 Å². The molecule has 12 heavy (non-hydrogen) atoms. The molecule has 0 aromatic carbocycles. The van der Waals surface area contributed by atoms with Gasteiger partial charge in [-0.1, -0.05) is 20.4 Å². The minimum absolute atomic E-state index is 0.347. The molecule has 1 fully saturated rings. The third-order valence-corrected chi connectivity index (χ3v) is 1.58. The molecular weight excluding hydrogens is 152 g/mol. The summed E-state index contributed by atoms with van der Waals surface area (Å²) >= 11 is 0. The van der Waals surface area contributed by atoms with E-state index in [1.54, 1.807) is 0 Å². The predicted octanol–water partition coefficient (Wildman–Crippen LogP) is 1.21. The van der Waals surface area contributed by atoms with E-state index in [9.17, 15) is 0 Å². The maximum atomic E-state index is 5.34. The second-order valence-corrected chi connectivity index (χ2v) is 2.54. The molecule has 1 unspecified atom stereocenters. The van der Waals surface area contributed by atoms with Crippen LogP contribution in [0.2, 0.25) is 0 Å². The van der Waals surface area contributed by atoms with E-state index < -0.39 is 0 Å². The van der Waals surface area contributed by atoms with Crippen LogP contribution in [0, 0.1) is 0 Å². The zero-order chi connectivity index (χ0) is 9.40. The van der Waals surface area contributed by atoms with Gasteiger partial charge >= 0.3 is 0 Å². The van der Waals surface area contributed by atoms with Crippen molar-refractivity contribution in [2.24, 2.45) is 5.73 Å². The Morgan fingerprint density at radius 2 is 2.33 bits per heavy atom. The Morgan fingerprint density at radius 3 is 2.75 bits per heavy atom. The zero-order valence-corrected chi connectivity index (χ0v) is 8.10. The van der Waals surface area contributed by atoms with E-state index >= 15 is 0 Å². The lowest BCUT2D eigenvalue weighted by Gasteiger charge is -2.10. The molecule has 0 radical (unpaired) electrons. The van der Waals surface area contributed by atoms with Crippen molar-refractivity contribution in [1.29, 1.82) is 0 Å². The Bertz CT molecular complexity index is 120. The minimum Gasteiger partial charge on any atom is -0.386 e. The lowest BCUT2D eigenvalue weighted by molar-refractivity contribution is 0.112. The number of rotatable bonds is 3. The van der Waals surface area contributed by atoms with Crippen molar-refractivity contribution in [3.8, 4) is 0 Å². The molecule has 0 spiro atoms. The fourth-order valence-corrected chi connectivity index (χ4v) is 1.05.